The molecule has 16 heteroatoms. The predicted octanol–water partition coefficient (Wildman–Crippen LogP) is 7.95. The number of β-amino-alcohol motifs (C(OH)–C–C–N with tert-alkyl or cyclic N) is 1. The zero-order chi connectivity index (χ0) is 46.3. The third kappa shape index (κ3) is 12.4. The lowest BCUT2D eigenvalue weighted by Gasteiger charge is -2.35. The van der Waals surface area contributed by atoms with E-state index in [0.29, 0.717) is 29.6 Å². The van der Waals surface area contributed by atoms with Crippen LogP contribution in [-0.4, -0.2) is 112 Å². The predicted molar refractivity (Wildman–Crippen MR) is 251 cm³/mol. The van der Waals surface area contributed by atoms with E-state index in [1.165, 1.54) is 0 Å². The van der Waals surface area contributed by atoms with Crippen molar-refractivity contribution in [2.45, 2.75) is 122 Å². The maximum absolute atomic E-state index is 14.2. The normalized spacial score (nSPS) is 20.1. The summed E-state index contributed by atoms with van der Waals surface area (Å²) in [6.45, 7) is 13.6. The van der Waals surface area contributed by atoms with E-state index in [1.807, 2.05) is 76.5 Å². The highest BCUT2D eigenvalue weighted by Crippen LogP contribution is 2.36. The summed E-state index contributed by atoms with van der Waals surface area (Å²) in [6.07, 6.45) is 6.74. The van der Waals surface area contributed by atoms with Crippen molar-refractivity contribution in [3.63, 3.8) is 0 Å². The number of nitrogens with one attached hydrogen (secondary N) is 3. The summed E-state index contributed by atoms with van der Waals surface area (Å²) >= 11 is 1.60. The first kappa shape index (κ1) is 47.9. The van der Waals surface area contributed by atoms with Gasteiger partial charge in [0.15, 0.2) is 0 Å². The fourth-order valence-electron chi connectivity index (χ4n) is 9.31. The van der Waals surface area contributed by atoms with Crippen LogP contribution < -0.4 is 20.9 Å². The lowest BCUT2D eigenvalue weighted by molar-refractivity contribution is -0.142. The highest BCUT2D eigenvalue weighted by atomic mass is 32.1. The minimum Gasteiger partial charge on any atom is -0.391 e. The van der Waals surface area contributed by atoms with Crippen LogP contribution in [0.1, 0.15) is 113 Å². The van der Waals surface area contributed by atoms with E-state index in [4.69, 9.17) is 4.98 Å². The number of aromatic nitrogens is 3. The van der Waals surface area contributed by atoms with Crippen LogP contribution in [0.3, 0.4) is 0 Å². The van der Waals surface area contributed by atoms with E-state index in [-0.39, 0.29) is 56.3 Å². The van der Waals surface area contributed by atoms with Crippen LogP contribution in [-0.2, 0) is 9.59 Å². The van der Waals surface area contributed by atoms with Crippen molar-refractivity contribution >= 4 is 40.6 Å². The topological polar surface area (TPSA) is 163 Å². The molecule has 1 aromatic carbocycles. The van der Waals surface area contributed by atoms with Gasteiger partial charge in [0.05, 0.1) is 52.4 Å². The van der Waals surface area contributed by atoms with E-state index in [1.54, 1.807) is 39.5 Å². The van der Waals surface area contributed by atoms with Crippen molar-refractivity contribution in [3.05, 3.63) is 82.6 Å². The molecule has 0 bridgehead atoms. The Bertz CT molecular complexity index is 2290. The number of halogens is 2. The smallest absolute Gasteiger partial charge is 0.266 e. The highest BCUT2D eigenvalue weighted by Gasteiger charge is 2.44. The number of nitrogens with zero attached hydrogens (tertiary/aromatic N) is 7. The number of pyridine rings is 2. The monoisotopic (exact) mass is 910 g/mol. The number of aliphatic hydroxyl groups is 1. The Morgan fingerprint density at radius 3 is 2.45 bits per heavy atom. The molecule has 7 rings (SSSR count). The summed E-state index contributed by atoms with van der Waals surface area (Å²) < 4.78 is 28.5. The number of anilines is 3. The summed E-state index contributed by atoms with van der Waals surface area (Å²) in [6, 6.07) is 15.9. The molecule has 4 N–H and O–H groups in total. The number of likely N-dealkylation sites (tertiary alicyclic amines) is 2. The molecule has 3 aromatic heterocycles. The van der Waals surface area contributed by atoms with Gasteiger partial charge in [-0.2, -0.15) is 5.26 Å². The van der Waals surface area contributed by atoms with Crippen LogP contribution in [0.5, 0.6) is 0 Å². The number of hydrogen-bond donors (Lipinski definition) is 4. The lowest BCUT2D eigenvalue weighted by Crippen LogP contribution is -2.56. The summed E-state index contributed by atoms with van der Waals surface area (Å²) in [7, 11) is 0. The number of rotatable bonds is 17. The van der Waals surface area contributed by atoms with Gasteiger partial charge in [0.25, 0.3) is 5.92 Å². The number of hydrogen-bond acceptors (Lipinski definition) is 12. The number of aliphatic hydroxyl groups excluding tert-OH is 1. The number of nitriles is 1. The molecule has 0 aliphatic carbocycles. The number of unbranched alkanes of at least 4 members (excludes halogenated alkanes) is 3. The molecule has 3 aliphatic heterocycles. The molecule has 2 amide bonds. The Balaban J connectivity index is 0.853. The summed E-state index contributed by atoms with van der Waals surface area (Å²) in [5.41, 5.74) is 5.98. The second kappa shape index (κ2) is 21.0. The Morgan fingerprint density at radius 2 is 1.77 bits per heavy atom. The largest absolute Gasteiger partial charge is 0.391 e. The second-order valence-electron chi connectivity index (χ2n) is 19.1. The third-order valence-electron chi connectivity index (χ3n) is 13.0. The van der Waals surface area contributed by atoms with Gasteiger partial charge in [-0.25, -0.2) is 23.7 Å². The quantitative estimate of drug-likeness (QED) is 0.0761. The summed E-state index contributed by atoms with van der Waals surface area (Å²) in [5.74, 6) is -1.38. The number of carbonyl (C=O) groups is 2. The zero-order valence-corrected chi connectivity index (χ0v) is 39.1. The fourth-order valence-corrected chi connectivity index (χ4v) is 10.1. The van der Waals surface area contributed by atoms with Gasteiger partial charge in [-0.1, -0.05) is 57.9 Å². The number of alkyl halides is 2. The van der Waals surface area contributed by atoms with E-state index in [9.17, 15) is 28.7 Å². The zero-order valence-electron chi connectivity index (χ0n) is 38.3. The number of aryl methyl sites for hydroxylation is 1. The molecule has 4 atom stereocenters. The Labute approximate surface area is 386 Å². The first-order chi connectivity index (χ1) is 31.1. The number of piperidine rings is 1. The van der Waals surface area contributed by atoms with Crippen molar-refractivity contribution in [2.24, 2.45) is 5.41 Å². The summed E-state index contributed by atoms with van der Waals surface area (Å²) in [5, 5.41) is 29.9. The minimum atomic E-state index is -2.75. The van der Waals surface area contributed by atoms with Gasteiger partial charge in [-0.3, -0.25) is 9.59 Å². The number of carbonyl (C=O) groups excluding carboxylic acids is 2. The van der Waals surface area contributed by atoms with Crippen LogP contribution in [0.25, 0.3) is 10.4 Å². The molecule has 13 nitrogen and oxygen atoms in total. The molecular weight excluding hydrogens is 847 g/mol. The van der Waals surface area contributed by atoms with E-state index < -0.39 is 29.5 Å². The molecule has 0 spiro atoms. The summed E-state index contributed by atoms with van der Waals surface area (Å²) in [4.78, 5) is 48.1. The third-order valence-corrected chi connectivity index (χ3v) is 14.0. The Hall–Kier alpha value is -5.08. The van der Waals surface area contributed by atoms with Crippen molar-refractivity contribution in [2.75, 3.05) is 56.0 Å². The maximum Gasteiger partial charge on any atom is 0.266 e. The van der Waals surface area contributed by atoms with Gasteiger partial charge in [-0.15, -0.1) is 11.3 Å². The van der Waals surface area contributed by atoms with Crippen LogP contribution in [0, 0.1) is 23.7 Å². The van der Waals surface area contributed by atoms with Gasteiger partial charge in [0, 0.05) is 32.1 Å². The first-order valence-corrected chi connectivity index (χ1v) is 24.0. The molecule has 3 fully saturated rings. The lowest BCUT2D eigenvalue weighted by atomic mass is 9.85. The Morgan fingerprint density at radius 1 is 1.02 bits per heavy atom. The van der Waals surface area contributed by atoms with Gasteiger partial charge in [-0.05, 0) is 118 Å². The second-order valence-corrected chi connectivity index (χ2v) is 20.0. The van der Waals surface area contributed by atoms with Crippen molar-refractivity contribution in [3.8, 4) is 16.5 Å². The average molecular weight is 911 g/mol. The standard InChI is InChI=1S/C49H64F2N10O3S/c1-32(35-10-12-37(13-11-35)44-33(2)55-31-65-44)56-46(63)40-27-39(62)29-61(40)47(64)45(48(3,4)5)54-18-8-6-7-9-20-59-21-15-36(16-22-59)38-25-42(57-41-24-34(28-52)14-19-53-41)58-43(26-38)60-23-17-49(50,51)30-60/h10-14,19,24-26,31-32,36,39-40,45,54,62H,6-9,15-18,20-23,27,29-30H2,1-5H3,(H,56,63)(H,53,57,58)/t32-,39+,40-,45+/m0/s1. The van der Waals surface area contributed by atoms with Crippen LogP contribution in [0.15, 0.2) is 60.2 Å². The minimum absolute atomic E-state index is 0.124. The van der Waals surface area contributed by atoms with Gasteiger partial charge >= 0.3 is 0 Å². The molecule has 4 aromatic rings. The number of benzene rings is 1. The fraction of sp³-hybridized carbons (Fsp3) is 0.551. The van der Waals surface area contributed by atoms with Crippen molar-refractivity contribution in [1.82, 2.24) is 35.4 Å². The molecule has 0 unspecified atom stereocenters. The molecule has 3 aliphatic rings. The van der Waals surface area contributed by atoms with Gasteiger partial charge in [0.1, 0.15) is 23.5 Å². The molecule has 0 radical (unpaired) electrons. The van der Waals surface area contributed by atoms with Crippen LogP contribution >= 0.6 is 11.3 Å². The molecule has 6 heterocycles. The van der Waals surface area contributed by atoms with Gasteiger partial charge in [0.2, 0.25) is 11.8 Å². The van der Waals surface area contributed by atoms with Gasteiger partial charge < -0.3 is 35.8 Å². The van der Waals surface area contributed by atoms with E-state index in [2.05, 4.69) is 36.9 Å². The molecular formula is C49H64F2N10O3S. The number of thiazole rings is 1. The van der Waals surface area contributed by atoms with E-state index in [0.717, 1.165) is 85.4 Å². The molecule has 348 valence electrons. The van der Waals surface area contributed by atoms with Crippen LogP contribution in [0.2, 0.25) is 0 Å². The van der Waals surface area contributed by atoms with Crippen molar-refractivity contribution in [1.29, 1.82) is 5.26 Å². The maximum atomic E-state index is 14.2. The first-order valence-electron chi connectivity index (χ1n) is 23.1. The Kier molecular flexibility index (Phi) is 15.5. The van der Waals surface area contributed by atoms with Crippen LogP contribution in [0.4, 0.5) is 26.2 Å². The number of amides is 2. The SMILES string of the molecule is Cc1ncsc1-c1ccc([C@H](C)NC(=O)[C@@H]2C[C@@H](O)CN2C(=O)[C@@H](NCCCCCCN2CCC(c3cc(Nc4cc(C#N)ccn4)nc(N4CCC(F)(F)C4)c3)CC2)C(C)(C)C)cc1. The molecule has 65 heavy (non-hydrogen) atoms. The molecule has 0 saturated carbocycles. The van der Waals surface area contributed by atoms with E-state index >= 15 is 0 Å². The van der Waals surface area contributed by atoms with Crippen molar-refractivity contribution < 1.29 is 23.5 Å². The highest BCUT2D eigenvalue weighted by molar-refractivity contribution is 7.13. The average Bonchev–Trinajstić information content (AvgIpc) is 4.01. The molecule has 3 saturated heterocycles.